The van der Waals surface area contributed by atoms with E-state index in [1.54, 1.807) is 5.32 Å². The van der Waals surface area contributed by atoms with E-state index in [0.29, 0.717) is 0 Å². The minimum absolute atomic E-state index is 0.168. The number of thiocarbonyl (C=S) groups is 1. The first-order valence-corrected chi connectivity index (χ1v) is 7.59. The summed E-state index contributed by atoms with van der Waals surface area (Å²) in [6.07, 6.45) is -5.21. The molecule has 134 valence electrons. The fourth-order valence-corrected chi connectivity index (χ4v) is 2.90. The van der Waals surface area contributed by atoms with Crippen molar-refractivity contribution < 1.29 is 27.8 Å². The highest BCUT2D eigenvalue weighted by Gasteiger charge is 2.66. The lowest BCUT2D eigenvalue weighted by Crippen LogP contribution is -2.73. The summed E-state index contributed by atoms with van der Waals surface area (Å²) in [5.41, 5.74) is -3.25. The summed E-state index contributed by atoms with van der Waals surface area (Å²) in [6, 6.07) is 6.17. The monoisotopic (exact) mass is 373 g/mol. The Kier molecular flexibility index (Phi) is 5.20. The average molecular weight is 373 g/mol. The standard InChI is InChI=1S/C15H14F3N3O3S/c1-2-24-12(22)10-11(9-5-3-4-8(6-9)7-19)20-13(25)21-14(10,23)15(16,17)18/h3-6,10-11,23H,2H2,1H3,(H2,20,21,25)/t10-,11+,14-/m0/s1. The Labute approximate surface area is 146 Å². The van der Waals surface area contributed by atoms with Crippen molar-refractivity contribution in [2.24, 2.45) is 5.92 Å². The lowest BCUT2D eigenvalue weighted by Gasteiger charge is -2.45. The number of rotatable bonds is 3. The van der Waals surface area contributed by atoms with Crippen LogP contribution in [0.5, 0.6) is 0 Å². The second kappa shape index (κ2) is 6.85. The number of nitriles is 1. The van der Waals surface area contributed by atoms with Gasteiger partial charge in [0.25, 0.3) is 5.72 Å². The fourth-order valence-electron chi connectivity index (χ4n) is 2.62. The quantitative estimate of drug-likeness (QED) is 0.546. The summed E-state index contributed by atoms with van der Waals surface area (Å²) < 4.78 is 45.3. The molecule has 3 N–H and O–H groups in total. The molecule has 0 bridgehead atoms. The van der Waals surface area contributed by atoms with Crippen LogP contribution in [-0.2, 0) is 9.53 Å². The van der Waals surface area contributed by atoms with Crippen LogP contribution in [0.15, 0.2) is 24.3 Å². The van der Waals surface area contributed by atoms with Crippen LogP contribution < -0.4 is 10.6 Å². The van der Waals surface area contributed by atoms with Gasteiger partial charge >= 0.3 is 12.1 Å². The number of nitrogens with zero attached hydrogens (tertiary/aromatic N) is 1. The number of alkyl halides is 3. The SMILES string of the molecule is CCOC(=O)[C@@H]1[C@@H](c2cccc(C#N)c2)NC(=S)N[C@@]1(O)C(F)(F)F. The van der Waals surface area contributed by atoms with E-state index in [-0.39, 0.29) is 17.7 Å². The molecule has 0 amide bonds. The van der Waals surface area contributed by atoms with Crippen molar-refractivity contribution in [1.82, 2.24) is 10.6 Å². The van der Waals surface area contributed by atoms with Crippen LogP contribution in [0.3, 0.4) is 0 Å². The van der Waals surface area contributed by atoms with Crippen molar-refractivity contribution in [1.29, 1.82) is 5.26 Å². The minimum atomic E-state index is -5.21. The smallest absolute Gasteiger partial charge is 0.437 e. The average Bonchev–Trinajstić information content (AvgIpc) is 2.53. The largest absolute Gasteiger partial charge is 0.466 e. The molecule has 3 atom stereocenters. The van der Waals surface area contributed by atoms with E-state index in [2.05, 4.69) is 5.32 Å². The third-order valence-corrected chi connectivity index (χ3v) is 3.94. The Morgan fingerprint density at radius 1 is 1.52 bits per heavy atom. The van der Waals surface area contributed by atoms with E-state index in [1.165, 1.54) is 31.2 Å². The minimum Gasteiger partial charge on any atom is -0.466 e. The van der Waals surface area contributed by atoms with Crippen molar-refractivity contribution in [2.45, 2.75) is 24.9 Å². The van der Waals surface area contributed by atoms with Gasteiger partial charge in [0.2, 0.25) is 0 Å². The first kappa shape index (κ1) is 19.0. The number of halogens is 3. The summed E-state index contributed by atoms with van der Waals surface area (Å²) in [5, 5.41) is 23.0. The molecule has 1 aliphatic rings. The Hall–Kier alpha value is -2.38. The Morgan fingerprint density at radius 3 is 2.76 bits per heavy atom. The van der Waals surface area contributed by atoms with Gasteiger partial charge in [-0.05, 0) is 36.8 Å². The molecule has 1 saturated heterocycles. The molecule has 0 aliphatic carbocycles. The van der Waals surface area contributed by atoms with Crippen molar-refractivity contribution in [3.63, 3.8) is 0 Å². The normalized spacial score (nSPS) is 26.2. The molecule has 2 rings (SSSR count). The van der Waals surface area contributed by atoms with Crippen LogP contribution >= 0.6 is 12.2 Å². The Bertz CT molecular complexity index is 735. The molecule has 1 aromatic rings. The van der Waals surface area contributed by atoms with Gasteiger partial charge < -0.3 is 20.5 Å². The van der Waals surface area contributed by atoms with E-state index in [0.717, 1.165) is 0 Å². The second-order valence-electron chi connectivity index (χ2n) is 5.31. The van der Waals surface area contributed by atoms with Gasteiger partial charge in [0.1, 0.15) is 5.92 Å². The molecule has 1 fully saturated rings. The molecule has 1 heterocycles. The molecule has 1 aliphatic heterocycles. The highest BCUT2D eigenvalue weighted by molar-refractivity contribution is 7.80. The molecular formula is C15H14F3N3O3S. The molecule has 25 heavy (non-hydrogen) atoms. The molecular weight excluding hydrogens is 359 g/mol. The number of nitrogens with one attached hydrogen (secondary N) is 2. The van der Waals surface area contributed by atoms with Gasteiger partial charge in [0, 0.05) is 0 Å². The van der Waals surface area contributed by atoms with E-state index >= 15 is 0 Å². The van der Waals surface area contributed by atoms with Crippen molar-refractivity contribution in [3.8, 4) is 6.07 Å². The zero-order valence-corrected chi connectivity index (χ0v) is 13.7. The van der Waals surface area contributed by atoms with Crippen molar-refractivity contribution in [3.05, 3.63) is 35.4 Å². The summed E-state index contributed by atoms with van der Waals surface area (Å²) in [6.45, 7) is 1.27. The van der Waals surface area contributed by atoms with E-state index in [4.69, 9.17) is 22.2 Å². The van der Waals surface area contributed by atoms with Gasteiger partial charge in [-0.15, -0.1) is 0 Å². The number of benzene rings is 1. The number of esters is 1. The van der Waals surface area contributed by atoms with Crippen LogP contribution in [0.4, 0.5) is 13.2 Å². The van der Waals surface area contributed by atoms with Gasteiger partial charge in [0.05, 0.1) is 24.3 Å². The third kappa shape index (κ3) is 3.52. The molecule has 0 aromatic heterocycles. The molecule has 0 radical (unpaired) electrons. The highest BCUT2D eigenvalue weighted by Crippen LogP contribution is 2.43. The zero-order chi connectivity index (χ0) is 18.8. The summed E-state index contributed by atoms with van der Waals surface area (Å²) in [5.74, 6) is -3.33. The molecule has 0 unspecified atom stereocenters. The van der Waals surface area contributed by atoms with E-state index in [1.807, 2.05) is 6.07 Å². The van der Waals surface area contributed by atoms with Gasteiger partial charge in [-0.3, -0.25) is 4.79 Å². The maximum Gasteiger partial charge on any atom is 0.437 e. The lowest BCUT2D eigenvalue weighted by atomic mass is 9.81. The number of carbonyl (C=O) groups is 1. The number of aliphatic hydroxyl groups is 1. The fraction of sp³-hybridized carbons (Fsp3) is 0.400. The lowest BCUT2D eigenvalue weighted by molar-refractivity contribution is -0.292. The number of ether oxygens (including phenoxy) is 1. The van der Waals surface area contributed by atoms with Crippen LogP contribution in [0.25, 0.3) is 0 Å². The molecule has 6 nitrogen and oxygen atoms in total. The Balaban J connectivity index is 2.59. The molecule has 0 spiro atoms. The van der Waals surface area contributed by atoms with Crippen molar-refractivity contribution >= 4 is 23.3 Å². The topological polar surface area (TPSA) is 94.4 Å². The van der Waals surface area contributed by atoms with Gasteiger partial charge in [0.15, 0.2) is 5.11 Å². The van der Waals surface area contributed by atoms with Crippen LogP contribution in [-0.4, -0.2) is 34.7 Å². The van der Waals surface area contributed by atoms with E-state index < -0.39 is 34.9 Å². The summed E-state index contributed by atoms with van der Waals surface area (Å²) in [7, 11) is 0. The number of hydrogen-bond acceptors (Lipinski definition) is 5. The first-order chi connectivity index (χ1) is 11.6. The summed E-state index contributed by atoms with van der Waals surface area (Å²) >= 11 is 4.77. The zero-order valence-electron chi connectivity index (χ0n) is 12.9. The van der Waals surface area contributed by atoms with E-state index in [9.17, 15) is 23.1 Å². The molecule has 10 heteroatoms. The van der Waals surface area contributed by atoms with Crippen LogP contribution in [0.1, 0.15) is 24.1 Å². The summed E-state index contributed by atoms with van der Waals surface area (Å²) in [4.78, 5) is 12.2. The highest BCUT2D eigenvalue weighted by atomic mass is 32.1. The molecule has 1 aromatic carbocycles. The predicted molar refractivity (Wildman–Crippen MR) is 83.9 cm³/mol. The predicted octanol–water partition coefficient (Wildman–Crippen LogP) is 1.51. The third-order valence-electron chi connectivity index (χ3n) is 3.72. The van der Waals surface area contributed by atoms with Gasteiger partial charge in [-0.1, -0.05) is 12.1 Å². The second-order valence-corrected chi connectivity index (χ2v) is 5.72. The van der Waals surface area contributed by atoms with Crippen LogP contribution in [0, 0.1) is 17.2 Å². The maximum absolute atomic E-state index is 13.5. The number of hydrogen-bond donors (Lipinski definition) is 3. The van der Waals surface area contributed by atoms with Gasteiger partial charge in [-0.2, -0.15) is 18.4 Å². The van der Waals surface area contributed by atoms with Crippen molar-refractivity contribution in [2.75, 3.05) is 6.61 Å². The van der Waals surface area contributed by atoms with Gasteiger partial charge in [-0.25, -0.2) is 0 Å². The first-order valence-electron chi connectivity index (χ1n) is 7.18. The van der Waals surface area contributed by atoms with Crippen LogP contribution in [0.2, 0.25) is 0 Å². The maximum atomic E-state index is 13.5. The Morgan fingerprint density at radius 2 is 2.20 bits per heavy atom. The molecule has 0 saturated carbocycles. The number of carbonyl (C=O) groups excluding carboxylic acids is 1.